The molecule has 0 spiro atoms. The van der Waals surface area contributed by atoms with Crippen LogP contribution < -0.4 is 5.43 Å². The van der Waals surface area contributed by atoms with E-state index in [-0.39, 0.29) is 0 Å². The quantitative estimate of drug-likeness (QED) is 0.791. The van der Waals surface area contributed by atoms with Crippen LogP contribution in [0.3, 0.4) is 0 Å². The Kier molecular flexibility index (Phi) is 3.84. The summed E-state index contributed by atoms with van der Waals surface area (Å²) in [6.07, 6.45) is 8.16. The maximum Gasteiger partial charge on any atom is 0.0225 e. The number of nitrogens with zero attached hydrogens (tertiary/aromatic N) is 1. The highest BCUT2D eigenvalue weighted by atomic mass is 15.5. The Bertz CT molecular complexity index is 236. The molecule has 0 radical (unpaired) electrons. The standard InChI is InChI=1S/C15H30N2/c1-14(2)10-13(11-15(3,4)12-14)16-17-8-6-5-7-9-17/h13,16H,5-12H2,1-4H3. The maximum atomic E-state index is 3.80. The molecule has 0 unspecified atom stereocenters. The van der Waals surface area contributed by atoms with Crippen molar-refractivity contribution in [3.8, 4) is 0 Å². The zero-order chi connectivity index (χ0) is 12.5. The molecular formula is C15H30N2. The molecule has 2 fully saturated rings. The molecule has 100 valence electrons. The van der Waals surface area contributed by atoms with E-state index in [4.69, 9.17) is 0 Å². The van der Waals surface area contributed by atoms with Crippen LogP contribution in [0.15, 0.2) is 0 Å². The lowest BCUT2D eigenvalue weighted by Crippen LogP contribution is -2.52. The van der Waals surface area contributed by atoms with Crippen molar-refractivity contribution in [2.45, 2.75) is 72.3 Å². The van der Waals surface area contributed by atoms with Crippen LogP contribution >= 0.6 is 0 Å². The molecule has 0 aromatic carbocycles. The molecule has 1 heterocycles. The smallest absolute Gasteiger partial charge is 0.0225 e. The van der Waals surface area contributed by atoms with Gasteiger partial charge in [-0.1, -0.05) is 34.1 Å². The first-order chi connectivity index (χ1) is 7.86. The molecule has 0 atom stereocenters. The molecule has 2 heteroatoms. The van der Waals surface area contributed by atoms with E-state index in [1.165, 1.54) is 51.6 Å². The fourth-order valence-electron chi connectivity index (χ4n) is 4.22. The van der Waals surface area contributed by atoms with Crippen LogP contribution in [0.25, 0.3) is 0 Å². The van der Waals surface area contributed by atoms with Crippen molar-refractivity contribution in [2.75, 3.05) is 13.1 Å². The molecule has 2 nitrogen and oxygen atoms in total. The monoisotopic (exact) mass is 238 g/mol. The van der Waals surface area contributed by atoms with Crippen LogP contribution in [0.4, 0.5) is 0 Å². The molecule has 1 N–H and O–H groups in total. The van der Waals surface area contributed by atoms with E-state index in [0.29, 0.717) is 16.9 Å². The van der Waals surface area contributed by atoms with Gasteiger partial charge in [-0.2, -0.15) is 0 Å². The SMILES string of the molecule is CC1(C)CC(NN2CCCCC2)CC(C)(C)C1. The number of hydrazine groups is 1. The summed E-state index contributed by atoms with van der Waals surface area (Å²) in [6, 6.07) is 0.687. The van der Waals surface area contributed by atoms with Gasteiger partial charge in [-0.3, -0.25) is 5.43 Å². The summed E-state index contributed by atoms with van der Waals surface area (Å²) in [5.74, 6) is 0. The van der Waals surface area contributed by atoms with E-state index in [0.717, 1.165) is 0 Å². The lowest BCUT2D eigenvalue weighted by molar-refractivity contribution is 0.0341. The summed E-state index contributed by atoms with van der Waals surface area (Å²) >= 11 is 0. The zero-order valence-corrected chi connectivity index (χ0v) is 12.2. The van der Waals surface area contributed by atoms with E-state index >= 15 is 0 Å². The van der Waals surface area contributed by atoms with Crippen molar-refractivity contribution in [3.05, 3.63) is 0 Å². The molecule has 1 saturated heterocycles. The predicted molar refractivity (Wildman–Crippen MR) is 73.8 cm³/mol. The minimum Gasteiger partial charge on any atom is -0.252 e. The number of hydrogen-bond acceptors (Lipinski definition) is 2. The summed E-state index contributed by atoms with van der Waals surface area (Å²) < 4.78 is 0. The van der Waals surface area contributed by atoms with Gasteiger partial charge in [0.15, 0.2) is 0 Å². The minimum absolute atomic E-state index is 0.495. The Morgan fingerprint density at radius 2 is 1.41 bits per heavy atom. The van der Waals surface area contributed by atoms with Crippen molar-refractivity contribution in [2.24, 2.45) is 10.8 Å². The third-order valence-corrected chi connectivity index (χ3v) is 4.28. The van der Waals surface area contributed by atoms with Gasteiger partial charge in [0.05, 0.1) is 0 Å². The van der Waals surface area contributed by atoms with Crippen LogP contribution in [0.2, 0.25) is 0 Å². The normalized spacial score (nSPS) is 30.4. The predicted octanol–water partition coefficient (Wildman–Crippen LogP) is 3.58. The van der Waals surface area contributed by atoms with Crippen molar-refractivity contribution in [1.29, 1.82) is 0 Å². The molecule has 1 saturated carbocycles. The van der Waals surface area contributed by atoms with Crippen LogP contribution in [0.5, 0.6) is 0 Å². The molecule has 17 heavy (non-hydrogen) atoms. The molecule has 1 aliphatic heterocycles. The van der Waals surface area contributed by atoms with Crippen molar-refractivity contribution in [1.82, 2.24) is 10.4 Å². The molecule has 0 amide bonds. The first kappa shape index (κ1) is 13.4. The lowest BCUT2D eigenvalue weighted by Gasteiger charge is -2.46. The van der Waals surface area contributed by atoms with Crippen molar-refractivity contribution in [3.63, 3.8) is 0 Å². The Morgan fingerprint density at radius 1 is 0.882 bits per heavy atom. The summed E-state index contributed by atoms with van der Waals surface area (Å²) in [4.78, 5) is 0. The highest BCUT2D eigenvalue weighted by molar-refractivity contribution is 4.92. The first-order valence-electron chi connectivity index (χ1n) is 7.38. The van der Waals surface area contributed by atoms with Gasteiger partial charge in [-0.15, -0.1) is 0 Å². The van der Waals surface area contributed by atoms with Crippen LogP contribution in [-0.2, 0) is 0 Å². The van der Waals surface area contributed by atoms with Crippen molar-refractivity contribution >= 4 is 0 Å². The summed E-state index contributed by atoms with van der Waals surface area (Å²) in [6.45, 7) is 12.2. The van der Waals surface area contributed by atoms with Gasteiger partial charge in [0.25, 0.3) is 0 Å². The number of piperidine rings is 1. The molecule has 0 aromatic rings. The highest BCUT2D eigenvalue weighted by Gasteiger charge is 2.38. The molecule has 0 aromatic heterocycles. The second kappa shape index (κ2) is 4.89. The molecule has 0 bridgehead atoms. The fraction of sp³-hybridized carbons (Fsp3) is 1.00. The largest absolute Gasteiger partial charge is 0.252 e. The Balaban J connectivity index is 1.91. The lowest BCUT2D eigenvalue weighted by atomic mass is 9.64. The fourth-order valence-corrected chi connectivity index (χ4v) is 4.22. The van der Waals surface area contributed by atoms with E-state index in [9.17, 15) is 0 Å². The average molecular weight is 238 g/mol. The van der Waals surface area contributed by atoms with Gasteiger partial charge in [0.1, 0.15) is 0 Å². The summed E-state index contributed by atoms with van der Waals surface area (Å²) in [7, 11) is 0. The molecular weight excluding hydrogens is 208 g/mol. The van der Waals surface area contributed by atoms with Gasteiger partial charge in [0, 0.05) is 19.1 Å². The van der Waals surface area contributed by atoms with Gasteiger partial charge >= 0.3 is 0 Å². The van der Waals surface area contributed by atoms with Crippen LogP contribution in [0.1, 0.15) is 66.2 Å². The number of hydrogen-bond donors (Lipinski definition) is 1. The highest BCUT2D eigenvalue weighted by Crippen LogP contribution is 2.45. The maximum absolute atomic E-state index is 3.80. The van der Waals surface area contributed by atoms with Gasteiger partial charge < -0.3 is 0 Å². The Morgan fingerprint density at radius 3 is 1.94 bits per heavy atom. The summed E-state index contributed by atoms with van der Waals surface area (Å²) in [5, 5.41) is 2.48. The second-order valence-electron chi connectivity index (χ2n) is 7.79. The average Bonchev–Trinajstić information content (AvgIpc) is 2.13. The van der Waals surface area contributed by atoms with Crippen molar-refractivity contribution < 1.29 is 0 Å². The van der Waals surface area contributed by atoms with E-state index in [1.54, 1.807) is 0 Å². The Labute approximate surface area is 107 Å². The topological polar surface area (TPSA) is 15.3 Å². The van der Waals surface area contributed by atoms with E-state index < -0.39 is 0 Å². The second-order valence-corrected chi connectivity index (χ2v) is 7.79. The molecule has 2 rings (SSSR count). The first-order valence-corrected chi connectivity index (χ1v) is 7.38. The minimum atomic E-state index is 0.495. The number of nitrogens with one attached hydrogen (secondary N) is 1. The molecule has 1 aliphatic carbocycles. The third kappa shape index (κ3) is 3.96. The van der Waals surface area contributed by atoms with Crippen LogP contribution in [0, 0.1) is 10.8 Å². The third-order valence-electron chi connectivity index (χ3n) is 4.28. The van der Waals surface area contributed by atoms with Gasteiger partial charge in [-0.25, -0.2) is 5.01 Å². The van der Waals surface area contributed by atoms with E-state index in [1.807, 2.05) is 0 Å². The van der Waals surface area contributed by atoms with E-state index in [2.05, 4.69) is 38.1 Å². The molecule has 2 aliphatic rings. The van der Waals surface area contributed by atoms with Gasteiger partial charge in [0.2, 0.25) is 0 Å². The van der Waals surface area contributed by atoms with Crippen LogP contribution in [-0.4, -0.2) is 24.1 Å². The zero-order valence-electron chi connectivity index (χ0n) is 12.2. The van der Waals surface area contributed by atoms with Gasteiger partial charge in [-0.05, 0) is 42.9 Å². The number of rotatable bonds is 2. The Hall–Kier alpha value is -0.0800. The summed E-state index contributed by atoms with van der Waals surface area (Å²) in [5.41, 5.74) is 4.79.